The Labute approximate surface area is 185 Å². The number of aliphatic hydroxyl groups excluding tert-OH is 3. The highest BCUT2D eigenvalue weighted by Crippen LogP contribution is 2.48. The summed E-state index contributed by atoms with van der Waals surface area (Å²) in [4.78, 5) is 36.5. The molecule has 0 saturated carbocycles. The lowest BCUT2D eigenvalue weighted by atomic mass is 9.82. The van der Waals surface area contributed by atoms with Crippen molar-refractivity contribution in [2.75, 3.05) is 13.2 Å². The van der Waals surface area contributed by atoms with Gasteiger partial charge in [0.05, 0.1) is 36.4 Å². The number of epoxide rings is 1. The van der Waals surface area contributed by atoms with Crippen molar-refractivity contribution in [3.05, 3.63) is 36.0 Å². The van der Waals surface area contributed by atoms with E-state index in [2.05, 4.69) is 13.2 Å². The van der Waals surface area contributed by atoms with Gasteiger partial charge in [-0.25, -0.2) is 9.59 Å². The Morgan fingerprint density at radius 3 is 2.62 bits per heavy atom. The van der Waals surface area contributed by atoms with Crippen LogP contribution in [0.15, 0.2) is 36.0 Å². The lowest BCUT2D eigenvalue weighted by Crippen LogP contribution is -2.39. The normalized spacial score (nSPS) is 34.9. The highest BCUT2D eigenvalue weighted by Gasteiger charge is 2.58. The van der Waals surface area contributed by atoms with Crippen molar-refractivity contribution >= 4 is 17.9 Å². The molecule has 3 rings (SSSR count). The summed E-state index contributed by atoms with van der Waals surface area (Å²) in [5.41, 5.74) is -0.714. The van der Waals surface area contributed by atoms with E-state index in [1.807, 2.05) is 0 Å². The van der Waals surface area contributed by atoms with Crippen molar-refractivity contribution in [3.8, 4) is 0 Å². The molecule has 0 radical (unpaired) electrons. The van der Waals surface area contributed by atoms with Gasteiger partial charge in [-0.2, -0.15) is 0 Å². The molecule has 2 saturated heterocycles. The fourth-order valence-corrected chi connectivity index (χ4v) is 4.19. The van der Waals surface area contributed by atoms with E-state index in [-0.39, 0.29) is 30.1 Å². The van der Waals surface area contributed by atoms with Crippen molar-refractivity contribution in [1.82, 2.24) is 0 Å². The minimum Gasteiger partial charge on any atom is -0.458 e. The zero-order chi connectivity index (χ0) is 23.8. The molecule has 2 fully saturated rings. The third kappa shape index (κ3) is 4.78. The van der Waals surface area contributed by atoms with Gasteiger partial charge < -0.3 is 34.3 Å². The molecule has 10 heteroatoms. The van der Waals surface area contributed by atoms with Gasteiger partial charge in [-0.3, -0.25) is 4.79 Å². The Hall–Kier alpha value is -2.53. The summed E-state index contributed by atoms with van der Waals surface area (Å²) in [6, 6.07) is 0. The molecular weight excluding hydrogens is 424 g/mol. The fourth-order valence-electron chi connectivity index (χ4n) is 4.19. The van der Waals surface area contributed by atoms with Crippen LogP contribution in [-0.2, 0) is 33.3 Å². The molecule has 3 aliphatic rings. The van der Waals surface area contributed by atoms with Crippen LogP contribution in [0.3, 0.4) is 0 Å². The maximum atomic E-state index is 12.6. The average Bonchev–Trinajstić information content (AvgIpc) is 3.27. The summed E-state index contributed by atoms with van der Waals surface area (Å²) in [6.07, 6.45) is -2.61. The number of hydrogen-bond donors (Lipinski definition) is 3. The molecule has 0 spiro atoms. The van der Waals surface area contributed by atoms with Gasteiger partial charge in [0.25, 0.3) is 0 Å². The Kier molecular flexibility index (Phi) is 6.89. The highest BCUT2D eigenvalue weighted by molar-refractivity contribution is 5.92. The van der Waals surface area contributed by atoms with Crippen LogP contribution in [0.25, 0.3) is 0 Å². The molecule has 1 aliphatic carbocycles. The number of esters is 3. The molecule has 0 aromatic carbocycles. The predicted molar refractivity (Wildman–Crippen MR) is 108 cm³/mol. The summed E-state index contributed by atoms with van der Waals surface area (Å²) in [7, 11) is 0. The standard InChI is InChI=1S/C22H28O10/c1-10(14(26)9-24)20(27)31-17-7-22(4)18(32-22)6-15(29-12(3)25)13(8-23)5-16-19(17)11(2)21(28)30-16/h5,14-19,23-24,26H,1-2,6-9H2,3-4H3/t14?,15-,16+,17-,18-,19-,22-/m0/s1. The first kappa shape index (κ1) is 24.1. The monoisotopic (exact) mass is 452 g/mol. The van der Waals surface area contributed by atoms with Crippen LogP contribution in [0.4, 0.5) is 0 Å². The second-order valence-electron chi connectivity index (χ2n) is 8.45. The Morgan fingerprint density at radius 2 is 2.03 bits per heavy atom. The number of rotatable bonds is 6. The zero-order valence-electron chi connectivity index (χ0n) is 18.0. The minimum absolute atomic E-state index is 0.0695. The predicted octanol–water partition coefficient (Wildman–Crippen LogP) is -0.293. The average molecular weight is 452 g/mol. The fraction of sp³-hybridized carbons (Fsp3) is 0.591. The summed E-state index contributed by atoms with van der Waals surface area (Å²) in [5, 5.41) is 28.7. The topological polar surface area (TPSA) is 152 Å². The first-order chi connectivity index (χ1) is 15.0. The van der Waals surface area contributed by atoms with Gasteiger partial charge in [-0.05, 0) is 18.6 Å². The molecule has 32 heavy (non-hydrogen) atoms. The van der Waals surface area contributed by atoms with E-state index >= 15 is 0 Å². The van der Waals surface area contributed by atoms with Crippen LogP contribution in [0.2, 0.25) is 0 Å². The first-order valence-corrected chi connectivity index (χ1v) is 10.3. The number of ether oxygens (including phenoxy) is 4. The van der Waals surface area contributed by atoms with Crippen molar-refractivity contribution in [2.24, 2.45) is 5.92 Å². The van der Waals surface area contributed by atoms with Gasteiger partial charge in [0.1, 0.15) is 24.4 Å². The molecule has 0 amide bonds. The molecule has 0 aromatic rings. The third-order valence-corrected chi connectivity index (χ3v) is 6.11. The van der Waals surface area contributed by atoms with Gasteiger partial charge in [0.2, 0.25) is 0 Å². The SMILES string of the molecule is C=C(C(=O)O[C@H]1C[C@]2(C)O[C@H]2C[C@H](OC(C)=O)C(CO)=C[C@H]2OC(=O)C(=C)[C@H]12)C(O)CO. The minimum atomic E-state index is -1.49. The summed E-state index contributed by atoms with van der Waals surface area (Å²) in [6.45, 7) is 9.13. The van der Waals surface area contributed by atoms with Crippen LogP contribution in [-0.4, -0.2) is 82.6 Å². The van der Waals surface area contributed by atoms with Gasteiger partial charge in [-0.1, -0.05) is 13.2 Å². The van der Waals surface area contributed by atoms with E-state index in [1.165, 1.54) is 13.0 Å². The number of carbonyl (C=O) groups excluding carboxylic acids is 3. The van der Waals surface area contributed by atoms with Gasteiger partial charge in [-0.15, -0.1) is 0 Å². The van der Waals surface area contributed by atoms with E-state index < -0.39 is 67.1 Å². The van der Waals surface area contributed by atoms with Crippen LogP contribution in [0.5, 0.6) is 0 Å². The van der Waals surface area contributed by atoms with Gasteiger partial charge in [0, 0.05) is 25.3 Å². The molecule has 2 heterocycles. The molecule has 0 aromatic heterocycles. The van der Waals surface area contributed by atoms with Crippen LogP contribution in [0, 0.1) is 5.92 Å². The Balaban J connectivity index is 1.98. The largest absolute Gasteiger partial charge is 0.458 e. The summed E-state index contributed by atoms with van der Waals surface area (Å²) in [5.74, 6) is -2.98. The molecule has 10 nitrogen and oxygen atoms in total. The lowest BCUT2D eigenvalue weighted by molar-refractivity contribution is -0.150. The molecule has 3 N–H and O–H groups in total. The number of fused-ring (bicyclic) bond motifs is 2. The smallest absolute Gasteiger partial charge is 0.336 e. The summed E-state index contributed by atoms with van der Waals surface area (Å²) < 4.78 is 22.2. The first-order valence-electron chi connectivity index (χ1n) is 10.3. The third-order valence-electron chi connectivity index (χ3n) is 6.11. The van der Waals surface area contributed by atoms with Crippen LogP contribution in [0.1, 0.15) is 26.7 Å². The van der Waals surface area contributed by atoms with Crippen molar-refractivity contribution in [3.63, 3.8) is 0 Å². The lowest BCUT2D eigenvalue weighted by Gasteiger charge is -2.30. The zero-order valence-corrected chi connectivity index (χ0v) is 18.0. The molecule has 1 unspecified atom stereocenters. The Bertz CT molecular complexity index is 861. The molecular formula is C22H28O10. The quantitative estimate of drug-likeness (QED) is 0.161. The van der Waals surface area contributed by atoms with Crippen molar-refractivity contribution in [2.45, 2.75) is 62.8 Å². The van der Waals surface area contributed by atoms with E-state index in [4.69, 9.17) is 24.1 Å². The number of carbonyl (C=O) groups is 3. The molecule has 2 aliphatic heterocycles. The van der Waals surface area contributed by atoms with Gasteiger partial charge >= 0.3 is 17.9 Å². The maximum absolute atomic E-state index is 12.6. The second-order valence-corrected chi connectivity index (χ2v) is 8.45. The number of aliphatic hydroxyl groups is 3. The van der Waals surface area contributed by atoms with E-state index in [1.54, 1.807) is 6.92 Å². The molecule has 0 bridgehead atoms. The Morgan fingerprint density at radius 1 is 1.34 bits per heavy atom. The summed E-state index contributed by atoms with van der Waals surface area (Å²) >= 11 is 0. The molecule has 176 valence electrons. The second kappa shape index (κ2) is 9.14. The molecule has 7 atom stereocenters. The van der Waals surface area contributed by atoms with E-state index in [0.717, 1.165) is 0 Å². The number of hydrogen-bond acceptors (Lipinski definition) is 10. The van der Waals surface area contributed by atoms with Crippen LogP contribution < -0.4 is 0 Å². The highest BCUT2D eigenvalue weighted by atomic mass is 16.6. The van der Waals surface area contributed by atoms with Crippen LogP contribution >= 0.6 is 0 Å². The maximum Gasteiger partial charge on any atom is 0.336 e. The van der Waals surface area contributed by atoms with Gasteiger partial charge in [0.15, 0.2) is 0 Å². The van der Waals surface area contributed by atoms with Crippen molar-refractivity contribution in [1.29, 1.82) is 0 Å². The van der Waals surface area contributed by atoms with E-state index in [9.17, 15) is 24.6 Å². The van der Waals surface area contributed by atoms with Crippen molar-refractivity contribution < 1.29 is 48.7 Å². The van der Waals surface area contributed by atoms with E-state index in [0.29, 0.717) is 5.57 Å².